The Morgan fingerprint density at radius 2 is 1.28 bits per heavy atom. The number of pyridine rings is 2. The largest absolute Gasteiger partial charge is 0.462 e. The standard InChI is InChI=1S/C25H38N4O3Si.C19H24N4O2.2CO2/c1-18-15-20(32-23(30)9-11-26)7-8-22(18)28(3)24-19(2)16-27-25-21(24)10-12-29(25)17-31-13-14-33(4,5)6;1-12-10-14(25-17(24)6-8-20)4-5-16(12)23(3)18-13(2)11-22-19-15(18)7-9-21-19;2*2-1-3/h10,12,16,18,20,22H,7-9,13-15,17H2,1-6H3;7,9,11-12,14,16H,4-6,10H2,1-3H3,(H,21,22);;. The van der Waals surface area contributed by atoms with Crippen LogP contribution in [0.5, 0.6) is 0 Å². The fraction of sp³-hybridized carbons (Fsp3) is 0.565. The van der Waals surface area contributed by atoms with Crippen LogP contribution in [0.2, 0.25) is 25.7 Å². The Hall–Kier alpha value is -6.16. The van der Waals surface area contributed by atoms with Gasteiger partial charge in [-0.1, -0.05) is 33.5 Å². The Balaban J connectivity index is 0.000000311. The van der Waals surface area contributed by atoms with E-state index in [2.05, 4.69) is 104 Å². The Labute approximate surface area is 376 Å². The summed E-state index contributed by atoms with van der Waals surface area (Å²) in [5.41, 5.74) is 6.57. The summed E-state index contributed by atoms with van der Waals surface area (Å²) in [6.07, 6.45) is 13.0. The van der Waals surface area contributed by atoms with Crippen LogP contribution >= 0.6 is 0 Å². The van der Waals surface area contributed by atoms with Crippen LogP contribution < -0.4 is 9.80 Å². The minimum atomic E-state index is -1.11. The SMILES string of the molecule is Cc1cnc2[nH]ccc2c1N(C)C1CCC(OC(=O)CC#N)CC1C.Cc1cnc2c(ccn2COCC[Si](C)(C)C)c1N(C)C1CCC(OC(=O)CC#N)CC1C.O=C=O.O=C=O. The van der Waals surface area contributed by atoms with Crippen molar-refractivity contribution in [3.8, 4) is 12.1 Å². The van der Waals surface area contributed by atoms with Gasteiger partial charge in [-0.3, -0.25) is 9.59 Å². The maximum Gasteiger partial charge on any atom is 0.373 e. The van der Waals surface area contributed by atoms with Crippen molar-refractivity contribution in [2.45, 2.75) is 136 Å². The van der Waals surface area contributed by atoms with Crippen molar-refractivity contribution in [1.29, 1.82) is 10.5 Å². The van der Waals surface area contributed by atoms with Crippen LogP contribution in [0.15, 0.2) is 36.9 Å². The van der Waals surface area contributed by atoms with Gasteiger partial charge < -0.3 is 33.6 Å². The van der Waals surface area contributed by atoms with E-state index in [1.165, 1.54) is 11.4 Å². The van der Waals surface area contributed by atoms with Crippen molar-refractivity contribution < 1.29 is 43.0 Å². The number of H-pyrrole nitrogens is 1. The second kappa shape index (κ2) is 25.2. The third kappa shape index (κ3) is 14.7. The fourth-order valence-electron chi connectivity index (χ4n) is 8.84. The molecule has 0 aliphatic heterocycles. The van der Waals surface area contributed by atoms with E-state index in [9.17, 15) is 9.59 Å². The van der Waals surface area contributed by atoms with Gasteiger partial charge in [0.25, 0.3) is 0 Å². The van der Waals surface area contributed by atoms with Gasteiger partial charge in [0.1, 0.15) is 43.1 Å². The van der Waals surface area contributed by atoms with Crippen molar-refractivity contribution in [2.75, 3.05) is 30.5 Å². The van der Waals surface area contributed by atoms with Gasteiger partial charge in [0.05, 0.1) is 23.5 Å². The summed E-state index contributed by atoms with van der Waals surface area (Å²) in [7, 11) is 3.19. The summed E-state index contributed by atoms with van der Waals surface area (Å²) in [6, 6.07) is 9.80. The summed E-state index contributed by atoms with van der Waals surface area (Å²) < 4.78 is 19.0. The average Bonchev–Trinajstić information content (AvgIpc) is 3.87. The Morgan fingerprint density at radius 1 is 0.797 bits per heavy atom. The molecule has 2 aliphatic carbocycles. The lowest BCUT2D eigenvalue weighted by Gasteiger charge is -2.41. The quantitative estimate of drug-likeness (QED) is 0.0790. The number of fused-ring (bicyclic) bond motifs is 2. The number of carbonyl (C=O) groups excluding carboxylic acids is 6. The monoisotopic (exact) mass is 898 g/mol. The highest BCUT2D eigenvalue weighted by Crippen LogP contribution is 2.38. The third-order valence-corrected chi connectivity index (χ3v) is 13.5. The topological polar surface area (TPSA) is 231 Å². The lowest BCUT2D eigenvalue weighted by molar-refractivity contribution is -0.193. The zero-order valence-corrected chi connectivity index (χ0v) is 39.5. The number of aromatic nitrogens is 4. The van der Waals surface area contributed by atoms with Crippen molar-refractivity contribution >= 4 is 65.8 Å². The number of nitrogens with one attached hydrogen (secondary N) is 1. The molecule has 2 saturated carbocycles. The van der Waals surface area contributed by atoms with E-state index >= 15 is 0 Å². The molecule has 1 N–H and O–H groups in total. The van der Waals surface area contributed by atoms with E-state index in [-0.39, 0.29) is 37.4 Å². The number of esters is 2. The molecule has 0 saturated heterocycles. The molecule has 6 atom stereocenters. The molecule has 0 aromatic carbocycles. The second-order valence-corrected chi connectivity index (χ2v) is 23.3. The molecular formula is C46H62N8O9Si. The van der Waals surface area contributed by atoms with E-state index in [0.29, 0.717) is 30.7 Å². The number of hydrogen-bond donors (Lipinski definition) is 1. The molecule has 64 heavy (non-hydrogen) atoms. The first-order chi connectivity index (χ1) is 30.4. The number of hydrogen-bond acceptors (Lipinski definition) is 15. The van der Waals surface area contributed by atoms with Gasteiger partial charge in [-0.15, -0.1) is 0 Å². The number of anilines is 2. The van der Waals surface area contributed by atoms with E-state index < -0.39 is 20.0 Å². The first-order valence-electron chi connectivity index (χ1n) is 21.5. The van der Waals surface area contributed by atoms with Crippen molar-refractivity contribution in [3.63, 3.8) is 0 Å². The predicted octanol–water partition coefficient (Wildman–Crippen LogP) is 7.26. The normalized spacial score (nSPS) is 20.2. The zero-order chi connectivity index (χ0) is 47.6. The highest BCUT2D eigenvalue weighted by atomic mass is 28.3. The molecule has 4 aromatic heterocycles. The first-order valence-corrected chi connectivity index (χ1v) is 25.2. The van der Waals surface area contributed by atoms with Crippen LogP contribution in [0, 0.1) is 48.3 Å². The molecule has 0 bridgehead atoms. The van der Waals surface area contributed by atoms with Crippen LogP contribution in [0.3, 0.4) is 0 Å². The van der Waals surface area contributed by atoms with Gasteiger partial charge in [0, 0.05) is 76.4 Å². The zero-order valence-electron chi connectivity index (χ0n) is 38.5. The Kier molecular flexibility index (Phi) is 20.6. The molecule has 4 heterocycles. The molecule has 2 aliphatic rings. The van der Waals surface area contributed by atoms with Crippen LogP contribution in [-0.4, -0.2) is 96.8 Å². The number of aryl methyl sites for hydroxylation is 2. The highest BCUT2D eigenvalue weighted by molar-refractivity contribution is 6.76. The van der Waals surface area contributed by atoms with E-state index in [1.54, 1.807) is 0 Å². The van der Waals surface area contributed by atoms with Gasteiger partial charge in [0.2, 0.25) is 0 Å². The smallest absolute Gasteiger partial charge is 0.373 e. The lowest BCUT2D eigenvalue weighted by atomic mass is 9.82. The van der Waals surface area contributed by atoms with Gasteiger partial charge in [-0.2, -0.15) is 29.7 Å². The fourth-order valence-corrected chi connectivity index (χ4v) is 9.60. The molecule has 6 unspecified atom stereocenters. The molecule has 4 aromatic rings. The molecular weight excluding hydrogens is 837 g/mol. The lowest BCUT2D eigenvalue weighted by Crippen LogP contribution is -2.43. The predicted molar refractivity (Wildman–Crippen MR) is 240 cm³/mol. The van der Waals surface area contributed by atoms with E-state index in [0.717, 1.165) is 84.4 Å². The molecule has 0 amide bonds. The molecule has 6 rings (SSSR count). The number of ether oxygens (including phenoxy) is 3. The Bertz CT molecular complexity index is 2300. The summed E-state index contributed by atoms with van der Waals surface area (Å²) in [5.74, 6) is -0.0782. The van der Waals surface area contributed by atoms with Crippen molar-refractivity contribution in [1.82, 2.24) is 19.5 Å². The van der Waals surface area contributed by atoms with Crippen LogP contribution in [0.25, 0.3) is 22.1 Å². The molecule has 18 heteroatoms. The van der Waals surface area contributed by atoms with E-state index in [1.807, 2.05) is 30.7 Å². The number of nitriles is 2. The summed E-state index contributed by atoms with van der Waals surface area (Å²) in [6.45, 7) is 17.0. The molecule has 0 radical (unpaired) electrons. The van der Waals surface area contributed by atoms with Gasteiger partial charge >= 0.3 is 24.2 Å². The number of carbonyl (C=O) groups is 2. The van der Waals surface area contributed by atoms with Gasteiger partial charge in [-0.25, -0.2) is 9.97 Å². The van der Waals surface area contributed by atoms with E-state index in [4.69, 9.17) is 48.9 Å². The average molecular weight is 899 g/mol. The minimum absolute atomic E-state index is 0.0775. The summed E-state index contributed by atoms with van der Waals surface area (Å²) in [5, 5.41) is 19.6. The maximum absolute atomic E-state index is 11.7. The van der Waals surface area contributed by atoms with Crippen molar-refractivity contribution in [2.24, 2.45) is 11.8 Å². The highest BCUT2D eigenvalue weighted by Gasteiger charge is 2.35. The third-order valence-electron chi connectivity index (χ3n) is 11.8. The molecule has 0 spiro atoms. The number of aromatic amines is 1. The number of nitrogens with zero attached hydrogens (tertiary/aromatic N) is 7. The van der Waals surface area contributed by atoms with Crippen LogP contribution in [0.4, 0.5) is 11.4 Å². The van der Waals surface area contributed by atoms with Crippen LogP contribution in [0.1, 0.15) is 76.3 Å². The summed E-state index contributed by atoms with van der Waals surface area (Å²) >= 11 is 0. The maximum atomic E-state index is 11.7. The minimum Gasteiger partial charge on any atom is -0.462 e. The Morgan fingerprint density at radius 3 is 1.75 bits per heavy atom. The summed E-state index contributed by atoms with van der Waals surface area (Å²) in [4.78, 5) is 72.8. The van der Waals surface area contributed by atoms with Gasteiger partial charge in [-0.05, 0) is 93.5 Å². The molecule has 2 fully saturated rings. The van der Waals surface area contributed by atoms with Crippen molar-refractivity contribution in [3.05, 3.63) is 48.0 Å². The van der Waals surface area contributed by atoms with Gasteiger partial charge in [0.15, 0.2) is 0 Å². The first kappa shape index (κ1) is 52.2. The number of rotatable bonds is 13. The van der Waals surface area contributed by atoms with Crippen LogP contribution in [-0.2, 0) is 49.7 Å². The second-order valence-electron chi connectivity index (χ2n) is 17.7. The molecule has 17 nitrogen and oxygen atoms in total. The molecule has 344 valence electrons.